The van der Waals surface area contributed by atoms with Crippen molar-refractivity contribution in [2.75, 3.05) is 13.2 Å². The second kappa shape index (κ2) is 14.7. The van der Waals surface area contributed by atoms with E-state index in [1.54, 1.807) is 0 Å². The van der Waals surface area contributed by atoms with Gasteiger partial charge in [0.05, 0.1) is 37.6 Å². The van der Waals surface area contributed by atoms with Gasteiger partial charge >= 0.3 is 0 Å². The minimum Gasteiger partial charge on any atom is -0.393 e. The highest BCUT2D eigenvalue weighted by Crippen LogP contribution is 2.69. The molecule has 6 rings (SSSR count). The Bertz CT molecular complexity index is 1240. The van der Waals surface area contributed by atoms with Crippen molar-refractivity contribution >= 4 is 0 Å². The van der Waals surface area contributed by atoms with E-state index in [0.717, 1.165) is 0 Å². The highest BCUT2D eigenvalue weighted by molar-refractivity contribution is 5.23. The predicted octanol–water partition coefficient (Wildman–Crippen LogP) is -0.831. The van der Waals surface area contributed by atoms with Crippen LogP contribution in [0.1, 0.15) is 73.1 Å². The summed E-state index contributed by atoms with van der Waals surface area (Å²) in [5.41, 5.74) is -2.91. The Morgan fingerprint density at radius 1 is 0.686 bits per heavy atom. The van der Waals surface area contributed by atoms with Gasteiger partial charge in [-0.25, -0.2) is 0 Å². The summed E-state index contributed by atoms with van der Waals surface area (Å²) in [7, 11) is 0. The highest BCUT2D eigenvalue weighted by atomic mass is 16.7. The van der Waals surface area contributed by atoms with E-state index < -0.39 is 114 Å². The molecule has 4 aliphatic carbocycles. The molecule has 0 aromatic heterocycles. The maximum atomic E-state index is 12.8. The first kappa shape index (κ1) is 39.9. The molecule has 6 aliphatic rings. The third-order valence-electron chi connectivity index (χ3n) is 14.3. The molecule has 10 N–H and O–H groups in total. The van der Waals surface area contributed by atoms with E-state index >= 15 is 0 Å². The zero-order valence-corrected chi connectivity index (χ0v) is 30.4. The van der Waals surface area contributed by atoms with Gasteiger partial charge in [-0.05, 0) is 78.9 Å². The van der Waals surface area contributed by atoms with Crippen LogP contribution in [0.4, 0.5) is 0 Å². The first-order chi connectivity index (χ1) is 23.9. The monoisotopic (exact) mass is 730 g/mol. The van der Waals surface area contributed by atoms with Gasteiger partial charge in [-0.2, -0.15) is 0 Å². The minimum absolute atomic E-state index is 0.0188. The molecular formula is C37H62O14. The zero-order chi connectivity index (χ0) is 37.4. The molecule has 0 radical (unpaired) electrons. The van der Waals surface area contributed by atoms with Crippen LogP contribution < -0.4 is 0 Å². The van der Waals surface area contributed by atoms with Gasteiger partial charge in [0.2, 0.25) is 0 Å². The predicted molar refractivity (Wildman–Crippen MR) is 179 cm³/mol. The fraction of sp³-hybridized carbons (Fsp3) is 0.946. The van der Waals surface area contributed by atoms with Crippen LogP contribution in [0.15, 0.2) is 12.2 Å². The van der Waals surface area contributed by atoms with Crippen molar-refractivity contribution in [2.24, 2.45) is 46.3 Å². The number of allylic oxidation sites excluding steroid dienone is 1. The van der Waals surface area contributed by atoms with Crippen LogP contribution in [0, 0.1) is 46.3 Å². The summed E-state index contributed by atoms with van der Waals surface area (Å²) in [4.78, 5) is 0. The molecule has 0 amide bonds. The summed E-state index contributed by atoms with van der Waals surface area (Å²) in [6.45, 7) is 9.75. The van der Waals surface area contributed by atoms with Gasteiger partial charge in [0.1, 0.15) is 48.3 Å². The van der Waals surface area contributed by atoms with Crippen LogP contribution in [0.25, 0.3) is 0 Å². The zero-order valence-electron chi connectivity index (χ0n) is 30.4. The van der Waals surface area contributed by atoms with Crippen LogP contribution in [-0.2, 0) is 18.9 Å². The molecule has 14 nitrogen and oxygen atoms in total. The molecule has 0 unspecified atom stereocenters. The number of fused-ring (bicyclic) bond motifs is 5. The standard InChI is InChI=1S/C37H62O14/c1-16(2)24(51-34-30(45)28(43)23(40)15-49-34)7-6-17(3)19-13-21(38)31-36(19,5)11-9-25-35(4)10-8-18(12-20(35)26(41)32(46)37(25,31)47)50-33-29(44)27(42)22(39)14-48-33/h6-7,16-34,38-47H,8-15H2,1-5H3/b7-6+/t17-,18+,19-,20-,21-,22-,23-,24+,25-,26-,27+,28+,29-,30-,31-,32-,33+,34+,35+,36-,37+/m1/s1. The third-order valence-corrected chi connectivity index (χ3v) is 14.3. The van der Waals surface area contributed by atoms with E-state index in [1.807, 2.05) is 26.0 Å². The van der Waals surface area contributed by atoms with Crippen LogP contribution in [-0.4, -0.2) is 150 Å². The highest BCUT2D eigenvalue weighted by Gasteiger charge is 2.74. The SMILES string of the molecule is CC(C)[C@H](/C=C/[C@@H](C)[C@H]1C[C@@H](O)[C@@H]2[C@]1(C)CC[C@@H]1[C@@]3(C)CC[C@H](O[C@@H]4OC[C@@H](O)[C@H](O)[C@H]4O)C[C@@H]3[C@@H](O)[C@@H](O)[C@]12O)O[C@@H]1OC[C@@H](O)[C@H](O)[C@H]1O. The van der Waals surface area contributed by atoms with Crippen LogP contribution in [0.2, 0.25) is 0 Å². The van der Waals surface area contributed by atoms with Gasteiger partial charge < -0.3 is 70.0 Å². The number of ether oxygens (including phenoxy) is 4. The number of hydrogen-bond donors (Lipinski definition) is 10. The van der Waals surface area contributed by atoms with E-state index in [4.69, 9.17) is 18.9 Å². The second-order valence-electron chi connectivity index (χ2n) is 17.5. The molecule has 0 aromatic rings. The van der Waals surface area contributed by atoms with E-state index in [0.29, 0.717) is 38.5 Å². The molecule has 2 aliphatic heterocycles. The van der Waals surface area contributed by atoms with Crippen LogP contribution in [0.3, 0.4) is 0 Å². The third kappa shape index (κ3) is 6.66. The maximum Gasteiger partial charge on any atom is 0.186 e. The molecule has 294 valence electrons. The summed E-state index contributed by atoms with van der Waals surface area (Å²) in [6, 6.07) is 0. The van der Waals surface area contributed by atoms with E-state index in [2.05, 4.69) is 20.8 Å². The first-order valence-electron chi connectivity index (χ1n) is 18.9. The number of rotatable bonds is 8. The lowest BCUT2D eigenvalue weighted by Crippen LogP contribution is -2.75. The average Bonchev–Trinajstić information content (AvgIpc) is 3.37. The smallest absolute Gasteiger partial charge is 0.186 e. The maximum absolute atomic E-state index is 12.8. The lowest BCUT2D eigenvalue weighted by Gasteiger charge is -2.67. The summed E-state index contributed by atoms with van der Waals surface area (Å²) < 4.78 is 23.1. The summed E-state index contributed by atoms with van der Waals surface area (Å²) in [5.74, 6) is -1.73. The van der Waals surface area contributed by atoms with Crippen molar-refractivity contribution in [3.63, 3.8) is 0 Å². The number of hydrogen-bond acceptors (Lipinski definition) is 14. The van der Waals surface area contributed by atoms with E-state index in [-0.39, 0.29) is 31.0 Å². The Morgan fingerprint density at radius 2 is 1.27 bits per heavy atom. The number of aliphatic hydroxyl groups excluding tert-OH is 9. The Morgan fingerprint density at radius 3 is 1.90 bits per heavy atom. The number of aliphatic hydroxyl groups is 10. The second-order valence-corrected chi connectivity index (χ2v) is 17.5. The van der Waals surface area contributed by atoms with Crippen LogP contribution >= 0.6 is 0 Å². The van der Waals surface area contributed by atoms with E-state index in [1.165, 1.54) is 0 Å². The molecule has 0 spiro atoms. The van der Waals surface area contributed by atoms with Gasteiger partial charge in [0.15, 0.2) is 12.6 Å². The normalized spacial score (nSPS) is 54.5. The summed E-state index contributed by atoms with van der Waals surface area (Å²) >= 11 is 0. The first-order valence-corrected chi connectivity index (χ1v) is 18.9. The lowest BCUT2D eigenvalue weighted by molar-refractivity contribution is -0.321. The quantitative estimate of drug-likeness (QED) is 0.108. The fourth-order valence-corrected chi connectivity index (χ4v) is 11.4. The van der Waals surface area contributed by atoms with Crippen molar-refractivity contribution < 1.29 is 70.0 Å². The van der Waals surface area contributed by atoms with Crippen molar-refractivity contribution in [1.82, 2.24) is 0 Å². The van der Waals surface area contributed by atoms with Gasteiger partial charge in [0, 0.05) is 5.92 Å². The van der Waals surface area contributed by atoms with Gasteiger partial charge in [-0.3, -0.25) is 0 Å². The Hall–Kier alpha value is -0.820. The fourth-order valence-electron chi connectivity index (χ4n) is 11.4. The van der Waals surface area contributed by atoms with Gasteiger partial charge in [0.25, 0.3) is 0 Å². The Labute approximate surface area is 300 Å². The van der Waals surface area contributed by atoms with E-state index in [9.17, 15) is 51.1 Å². The summed E-state index contributed by atoms with van der Waals surface area (Å²) in [5, 5.41) is 109. The summed E-state index contributed by atoms with van der Waals surface area (Å²) in [6.07, 6.45) is -8.00. The largest absolute Gasteiger partial charge is 0.393 e. The molecule has 4 saturated carbocycles. The molecule has 2 heterocycles. The average molecular weight is 731 g/mol. The molecule has 14 heteroatoms. The molecular weight excluding hydrogens is 668 g/mol. The molecule has 51 heavy (non-hydrogen) atoms. The van der Waals surface area contributed by atoms with Crippen molar-refractivity contribution in [2.45, 2.75) is 158 Å². The van der Waals surface area contributed by atoms with Gasteiger partial charge in [-0.15, -0.1) is 0 Å². The lowest BCUT2D eigenvalue weighted by atomic mass is 9.41. The van der Waals surface area contributed by atoms with Crippen molar-refractivity contribution in [3.05, 3.63) is 12.2 Å². The van der Waals surface area contributed by atoms with Crippen LogP contribution in [0.5, 0.6) is 0 Å². The molecule has 6 fully saturated rings. The molecule has 21 atom stereocenters. The van der Waals surface area contributed by atoms with Crippen molar-refractivity contribution in [3.8, 4) is 0 Å². The van der Waals surface area contributed by atoms with Gasteiger partial charge in [-0.1, -0.05) is 46.8 Å². The minimum atomic E-state index is -1.75. The molecule has 2 saturated heterocycles. The Kier molecular flexibility index (Phi) is 11.5. The van der Waals surface area contributed by atoms with Crippen molar-refractivity contribution in [1.29, 1.82) is 0 Å². The Balaban J connectivity index is 1.17. The topological polar surface area (TPSA) is 239 Å². The molecule has 0 bridgehead atoms. The molecule has 0 aromatic carbocycles.